The van der Waals surface area contributed by atoms with Gasteiger partial charge in [-0.1, -0.05) is 12.1 Å². The SMILES string of the molecule is OCC1O[C@@H]2OC(c3cn(Cc4ccc(OC(F)(F)F)cc4)c4cc(O)ccc34)=N[C@@H]2C(O)[C@@H]1O. The van der Waals surface area contributed by atoms with Crippen molar-refractivity contribution in [2.24, 2.45) is 4.99 Å². The van der Waals surface area contributed by atoms with Gasteiger partial charge in [-0.15, -0.1) is 13.2 Å². The summed E-state index contributed by atoms with van der Waals surface area (Å²) in [7, 11) is 0. The molecular formula is C23H21F3N2O7. The number of benzene rings is 2. The number of phenols is 1. The summed E-state index contributed by atoms with van der Waals surface area (Å²) in [6.07, 6.45) is -7.75. The molecular weight excluding hydrogens is 473 g/mol. The Labute approximate surface area is 196 Å². The quantitative estimate of drug-likeness (QED) is 0.427. The number of aliphatic hydroxyl groups is 3. The van der Waals surface area contributed by atoms with Gasteiger partial charge in [0.1, 0.15) is 35.9 Å². The van der Waals surface area contributed by atoms with Crippen molar-refractivity contribution in [1.29, 1.82) is 0 Å². The van der Waals surface area contributed by atoms with Gasteiger partial charge in [0.25, 0.3) is 0 Å². The Morgan fingerprint density at radius 2 is 1.80 bits per heavy atom. The molecule has 0 saturated carbocycles. The molecule has 0 aliphatic carbocycles. The normalized spacial score (nSPS) is 26.3. The van der Waals surface area contributed by atoms with Gasteiger partial charge in [0, 0.05) is 24.2 Å². The molecule has 12 heteroatoms. The maximum absolute atomic E-state index is 12.4. The highest BCUT2D eigenvalue weighted by Crippen LogP contribution is 2.34. The third kappa shape index (κ3) is 4.52. The van der Waals surface area contributed by atoms with Crippen LogP contribution in [0.3, 0.4) is 0 Å². The van der Waals surface area contributed by atoms with Gasteiger partial charge in [-0.2, -0.15) is 0 Å². The first-order valence-corrected chi connectivity index (χ1v) is 10.7. The number of nitrogens with zero attached hydrogens (tertiary/aromatic N) is 2. The van der Waals surface area contributed by atoms with E-state index < -0.39 is 43.6 Å². The van der Waals surface area contributed by atoms with Crippen LogP contribution in [-0.2, 0) is 16.0 Å². The Morgan fingerprint density at radius 3 is 2.49 bits per heavy atom. The predicted octanol–water partition coefficient (Wildman–Crippen LogP) is 1.88. The lowest BCUT2D eigenvalue weighted by molar-refractivity contribution is -0.274. The average molecular weight is 494 g/mol. The summed E-state index contributed by atoms with van der Waals surface area (Å²) in [6, 6.07) is 9.18. The summed E-state index contributed by atoms with van der Waals surface area (Å²) >= 11 is 0. The molecule has 2 unspecified atom stereocenters. The Balaban J connectivity index is 1.46. The van der Waals surface area contributed by atoms with Gasteiger partial charge >= 0.3 is 6.36 Å². The second-order valence-electron chi connectivity index (χ2n) is 8.31. The van der Waals surface area contributed by atoms with E-state index in [0.717, 1.165) is 0 Å². The summed E-state index contributed by atoms with van der Waals surface area (Å²) in [5.41, 5.74) is 1.80. The number of rotatable bonds is 5. The number of hydrogen-bond acceptors (Lipinski definition) is 8. The van der Waals surface area contributed by atoms with Gasteiger partial charge < -0.3 is 39.2 Å². The highest BCUT2D eigenvalue weighted by Gasteiger charge is 2.49. The van der Waals surface area contributed by atoms with Crippen LogP contribution in [0.4, 0.5) is 13.2 Å². The third-order valence-electron chi connectivity index (χ3n) is 5.95. The lowest BCUT2D eigenvalue weighted by Crippen LogP contribution is -2.56. The number of alkyl halides is 3. The van der Waals surface area contributed by atoms with Crippen molar-refractivity contribution >= 4 is 16.8 Å². The van der Waals surface area contributed by atoms with Gasteiger partial charge in [0.15, 0.2) is 0 Å². The predicted molar refractivity (Wildman–Crippen MR) is 115 cm³/mol. The van der Waals surface area contributed by atoms with E-state index in [1.807, 2.05) is 0 Å². The van der Waals surface area contributed by atoms with Gasteiger partial charge in [0.05, 0.1) is 17.7 Å². The zero-order valence-corrected chi connectivity index (χ0v) is 18.0. The van der Waals surface area contributed by atoms with E-state index >= 15 is 0 Å². The molecule has 0 radical (unpaired) electrons. The van der Waals surface area contributed by atoms with Crippen molar-refractivity contribution in [3.05, 3.63) is 59.8 Å². The Hall–Kier alpha value is -3.32. The summed E-state index contributed by atoms with van der Waals surface area (Å²) < 4.78 is 54.3. The van der Waals surface area contributed by atoms with Crippen LogP contribution < -0.4 is 4.74 Å². The van der Waals surface area contributed by atoms with Crippen LogP contribution in [0.5, 0.6) is 11.5 Å². The molecule has 1 fully saturated rings. The van der Waals surface area contributed by atoms with E-state index in [9.17, 15) is 33.6 Å². The number of hydrogen-bond donors (Lipinski definition) is 4. The summed E-state index contributed by atoms with van der Waals surface area (Å²) in [4.78, 5) is 4.40. The molecule has 0 bridgehead atoms. The molecule has 0 spiro atoms. The van der Waals surface area contributed by atoms with Crippen molar-refractivity contribution in [1.82, 2.24) is 4.57 Å². The van der Waals surface area contributed by atoms with Crippen LogP contribution in [-0.4, -0.2) is 74.5 Å². The van der Waals surface area contributed by atoms with Crippen molar-refractivity contribution in [2.45, 2.75) is 43.6 Å². The molecule has 3 heterocycles. The molecule has 186 valence electrons. The minimum absolute atomic E-state index is 0.00735. The zero-order valence-electron chi connectivity index (χ0n) is 18.0. The van der Waals surface area contributed by atoms with Crippen LogP contribution in [0.25, 0.3) is 10.9 Å². The minimum Gasteiger partial charge on any atom is -0.508 e. The van der Waals surface area contributed by atoms with Crippen LogP contribution in [0.15, 0.2) is 53.7 Å². The maximum Gasteiger partial charge on any atom is 0.573 e. The van der Waals surface area contributed by atoms with E-state index in [0.29, 0.717) is 22.0 Å². The first kappa shape index (κ1) is 23.4. The summed E-state index contributed by atoms with van der Waals surface area (Å²) in [5, 5.41) is 40.6. The molecule has 4 N–H and O–H groups in total. The van der Waals surface area contributed by atoms with Crippen molar-refractivity contribution in [3.63, 3.8) is 0 Å². The Kier molecular flexibility index (Phi) is 5.83. The van der Waals surface area contributed by atoms with Gasteiger partial charge in [-0.05, 0) is 29.8 Å². The number of aliphatic imine (C=N–C) groups is 1. The number of halogens is 3. The number of aromatic nitrogens is 1. The van der Waals surface area contributed by atoms with E-state index in [1.54, 1.807) is 16.8 Å². The second kappa shape index (κ2) is 8.72. The lowest BCUT2D eigenvalue weighted by atomic mass is 9.98. The highest BCUT2D eigenvalue weighted by atomic mass is 19.4. The average Bonchev–Trinajstić information content (AvgIpc) is 3.38. The number of fused-ring (bicyclic) bond motifs is 2. The molecule has 35 heavy (non-hydrogen) atoms. The van der Waals surface area contributed by atoms with E-state index in [2.05, 4.69) is 9.73 Å². The lowest BCUT2D eigenvalue weighted by Gasteiger charge is -2.36. The zero-order chi connectivity index (χ0) is 24.9. The molecule has 5 rings (SSSR count). The van der Waals surface area contributed by atoms with Crippen molar-refractivity contribution < 1.29 is 47.8 Å². The number of phenolic OH excluding ortho intramolecular Hbond substituents is 1. The maximum atomic E-state index is 12.4. The summed E-state index contributed by atoms with van der Waals surface area (Å²) in [5.74, 6) is -0.184. The molecule has 2 aliphatic rings. The van der Waals surface area contributed by atoms with E-state index in [1.165, 1.54) is 36.4 Å². The third-order valence-corrected chi connectivity index (χ3v) is 5.95. The minimum atomic E-state index is -4.78. The molecule has 1 aromatic heterocycles. The highest BCUT2D eigenvalue weighted by molar-refractivity contribution is 6.08. The van der Waals surface area contributed by atoms with Crippen LogP contribution in [0, 0.1) is 0 Å². The van der Waals surface area contributed by atoms with Crippen LogP contribution >= 0.6 is 0 Å². The summed E-state index contributed by atoms with van der Waals surface area (Å²) in [6.45, 7) is -0.262. The number of ether oxygens (including phenoxy) is 3. The molecule has 9 nitrogen and oxygen atoms in total. The molecule has 2 aromatic carbocycles. The number of aliphatic hydroxyl groups excluding tert-OH is 3. The molecule has 5 atom stereocenters. The molecule has 1 saturated heterocycles. The topological polar surface area (TPSA) is 126 Å². The number of aromatic hydroxyl groups is 1. The first-order chi connectivity index (χ1) is 16.6. The fraction of sp³-hybridized carbons (Fsp3) is 0.348. The molecule has 0 amide bonds. The Bertz CT molecular complexity index is 1260. The monoisotopic (exact) mass is 494 g/mol. The van der Waals surface area contributed by atoms with Crippen LogP contribution in [0.2, 0.25) is 0 Å². The fourth-order valence-electron chi connectivity index (χ4n) is 4.29. The van der Waals surface area contributed by atoms with Crippen molar-refractivity contribution in [3.8, 4) is 11.5 Å². The largest absolute Gasteiger partial charge is 0.573 e. The Morgan fingerprint density at radius 1 is 1.06 bits per heavy atom. The van der Waals surface area contributed by atoms with Gasteiger partial charge in [-0.3, -0.25) is 0 Å². The molecule has 3 aromatic rings. The smallest absolute Gasteiger partial charge is 0.508 e. The van der Waals surface area contributed by atoms with Crippen molar-refractivity contribution in [2.75, 3.05) is 6.61 Å². The standard InChI is InChI=1S/C23H21F3N2O7/c24-23(25,26)35-13-4-1-11(2-5-13)8-28-9-15(14-6-3-12(30)7-16(14)28)21-27-18-20(32)19(31)17(10-29)33-22(18)34-21/h1-7,9,17-20,22,29-32H,8,10H2/t17?,18-,19-,20?,22-/m1/s1. The van der Waals surface area contributed by atoms with E-state index in [-0.39, 0.29) is 23.9 Å². The van der Waals surface area contributed by atoms with E-state index in [4.69, 9.17) is 9.47 Å². The second-order valence-corrected chi connectivity index (χ2v) is 8.31. The van der Waals surface area contributed by atoms with Gasteiger partial charge in [0.2, 0.25) is 12.2 Å². The first-order valence-electron chi connectivity index (χ1n) is 10.7. The van der Waals surface area contributed by atoms with Crippen LogP contribution in [0.1, 0.15) is 11.1 Å². The van der Waals surface area contributed by atoms with Gasteiger partial charge in [-0.25, -0.2) is 4.99 Å². The molecule has 2 aliphatic heterocycles. The fourth-order valence-corrected chi connectivity index (χ4v) is 4.29.